The van der Waals surface area contributed by atoms with E-state index in [1.54, 1.807) is 11.3 Å². The summed E-state index contributed by atoms with van der Waals surface area (Å²) in [4.78, 5) is 4.39. The molecule has 2 heterocycles. The van der Waals surface area contributed by atoms with Gasteiger partial charge in [-0.3, -0.25) is 4.68 Å². The molecule has 0 bridgehead atoms. The summed E-state index contributed by atoms with van der Waals surface area (Å²) in [6, 6.07) is 0. The molecule has 3 nitrogen and oxygen atoms in total. The summed E-state index contributed by atoms with van der Waals surface area (Å²) in [5.41, 5.74) is 0.965. The minimum absolute atomic E-state index is 0.496. The normalized spacial score (nSPS) is 10.8. The largest absolute Gasteiger partial charge is 0.271 e. The average molecular weight is 354 g/mol. The van der Waals surface area contributed by atoms with Crippen LogP contribution in [0.15, 0.2) is 17.8 Å². The maximum atomic E-state index is 5.69. The van der Waals surface area contributed by atoms with Crippen LogP contribution in [-0.4, -0.2) is 14.8 Å². The second-order valence-electron chi connectivity index (χ2n) is 3.04. The highest BCUT2D eigenvalue weighted by Gasteiger charge is 2.02. The van der Waals surface area contributed by atoms with Gasteiger partial charge >= 0.3 is 0 Å². The van der Waals surface area contributed by atoms with Gasteiger partial charge in [0, 0.05) is 24.5 Å². The summed E-state index contributed by atoms with van der Waals surface area (Å²) in [5.74, 6) is 0.496. The number of hydrogen-bond acceptors (Lipinski definition) is 3. The van der Waals surface area contributed by atoms with Crippen molar-refractivity contribution in [1.29, 1.82) is 0 Å². The smallest absolute Gasteiger partial charge is 0.0947 e. The van der Waals surface area contributed by atoms with E-state index in [2.05, 4.69) is 32.7 Å². The molecule has 0 saturated carbocycles. The van der Waals surface area contributed by atoms with Gasteiger partial charge in [-0.15, -0.1) is 22.9 Å². The number of aryl methyl sites for hydroxylation is 2. The van der Waals surface area contributed by atoms with Crippen LogP contribution in [0.25, 0.3) is 0 Å². The third kappa shape index (κ3) is 3.15. The van der Waals surface area contributed by atoms with Crippen LogP contribution in [0, 0.1) is 3.57 Å². The topological polar surface area (TPSA) is 30.7 Å². The zero-order chi connectivity index (χ0) is 10.7. The Morgan fingerprint density at radius 1 is 1.53 bits per heavy atom. The Labute approximate surface area is 111 Å². The Balaban J connectivity index is 1.93. The van der Waals surface area contributed by atoms with Crippen molar-refractivity contribution < 1.29 is 0 Å². The molecule has 0 aromatic carbocycles. The maximum absolute atomic E-state index is 5.69. The number of aromatic nitrogens is 3. The van der Waals surface area contributed by atoms with Crippen molar-refractivity contribution in [2.24, 2.45) is 0 Å². The zero-order valence-corrected chi connectivity index (χ0v) is 11.6. The molecule has 0 spiro atoms. The summed E-state index contributed by atoms with van der Waals surface area (Å²) in [6.45, 7) is 0.873. The summed E-state index contributed by atoms with van der Waals surface area (Å²) in [7, 11) is 0. The van der Waals surface area contributed by atoms with Crippen LogP contribution in [0.2, 0.25) is 0 Å². The molecule has 0 radical (unpaired) electrons. The predicted octanol–water partition coefficient (Wildman–Crippen LogP) is 2.93. The van der Waals surface area contributed by atoms with Crippen LogP contribution in [0.1, 0.15) is 10.7 Å². The predicted molar refractivity (Wildman–Crippen MR) is 70.3 cm³/mol. The van der Waals surface area contributed by atoms with Gasteiger partial charge in [-0.2, -0.15) is 5.10 Å². The average Bonchev–Trinajstić information content (AvgIpc) is 2.83. The number of rotatable bonds is 4. The molecule has 0 atom stereocenters. The molecular weight excluding hydrogens is 345 g/mol. The first kappa shape index (κ1) is 11.3. The lowest BCUT2D eigenvalue weighted by molar-refractivity contribution is 0.612. The van der Waals surface area contributed by atoms with Gasteiger partial charge in [-0.05, 0) is 22.6 Å². The van der Waals surface area contributed by atoms with Crippen molar-refractivity contribution in [1.82, 2.24) is 14.8 Å². The van der Waals surface area contributed by atoms with Gasteiger partial charge in [0.25, 0.3) is 0 Å². The standard InChI is InChI=1S/C9H9ClIN3S/c10-3-8-6-15-9(13-8)1-2-14-5-7(11)4-12-14/h4-6H,1-3H2. The first-order valence-corrected chi connectivity index (χ1v) is 6.94. The van der Waals surface area contributed by atoms with Gasteiger partial charge < -0.3 is 0 Å². The fourth-order valence-corrected chi connectivity index (χ4v) is 2.66. The first-order chi connectivity index (χ1) is 7.28. The number of hydrogen-bond donors (Lipinski definition) is 0. The second kappa shape index (κ2) is 5.27. The van der Waals surface area contributed by atoms with Crippen LogP contribution >= 0.6 is 45.5 Å². The lowest BCUT2D eigenvalue weighted by Crippen LogP contribution is -2.01. The molecule has 2 aromatic rings. The van der Waals surface area contributed by atoms with E-state index in [1.165, 1.54) is 0 Å². The van der Waals surface area contributed by atoms with Gasteiger partial charge in [0.15, 0.2) is 0 Å². The quantitative estimate of drug-likeness (QED) is 0.625. The number of nitrogens with zero attached hydrogens (tertiary/aromatic N) is 3. The van der Waals surface area contributed by atoms with Gasteiger partial charge in [0.1, 0.15) is 0 Å². The van der Waals surface area contributed by atoms with Crippen LogP contribution < -0.4 is 0 Å². The fraction of sp³-hybridized carbons (Fsp3) is 0.333. The lowest BCUT2D eigenvalue weighted by atomic mass is 10.4. The highest BCUT2D eigenvalue weighted by atomic mass is 127. The highest BCUT2D eigenvalue weighted by molar-refractivity contribution is 14.1. The van der Waals surface area contributed by atoms with E-state index in [4.69, 9.17) is 11.6 Å². The first-order valence-electron chi connectivity index (χ1n) is 4.45. The van der Waals surface area contributed by atoms with Crippen molar-refractivity contribution >= 4 is 45.5 Å². The van der Waals surface area contributed by atoms with E-state index in [1.807, 2.05) is 22.5 Å². The van der Waals surface area contributed by atoms with Gasteiger partial charge in [-0.25, -0.2) is 4.98 Å². The van der Waals surface area contributed by atoms with Crippen molar-refractivity contribution in [3.8, 4) is 0 Å². The van der Waals surface area contributed by atoms with Crippen LogP contribution in [0.4, 0.5) is 0 Å². The SMILES string of the molecule is ClCc1csc(CCn2cc(I)cn2)n1. The van der Waals surface area contributed by atoms with Crippen molar-refractivity contribution in [3.05, 3.63) is 32.0 Å². The third-order valence-corrected chi connectivity index (χ3v) is 3.68. The zero-order valence-electron chi connectivity index (χ0n) is 7.86. The van der Waals surface area contributed by atoms with Gasteiger partial charge in [0.2, 0.25) is 0 Å². The molecule has 0 fully saturated rings. The van der Waals surface area contributed by atoms with E-state index < -0.39 is 0 Å². The minimum Gasteiger partial charge on any atom is -0.271 e. The summed E-state index contributed by atoms with van der Waals surface area (Å²) >= 11 is 9.60. The summed E-state index contributed by atoms with van der Waals surface area (Å²) in [5, 5.41) is 7.35. The van der Waals surface area contributed by atoms with E-state index in [-0.39, 0.29) is 0 Å². The molecule has 0 unspecified atom stereocenters. The Bertz CT molecular complexity index is 440. The molecule has 0 aliphatic carbocycles. The molecule has 0 saturated heterocycles. The minimum atomic E-state index is 0.496. The molecule has 0 amide bonds. The van der Waals surface area contributed by atoms with Crippen LogP contribution in [0.3, 0.4) is 0 Å². The molecule has 15 heavy (non-hydrogen) atoms. The molecule has 2 aromatic heterocycles. The summed E-state index contributed by atoms with van der Waals surface area (Å²) < 4.78 is 3.09. The van der Waals surface area contributed by atoms with Gasteiger partial charge in [0.05, 0.1) is 26.3 Å². The Morgan fingerprint density at radius 2 is 2.40 bits per heavy atom. The van der Waals surface area contributed by atoms with Crippen molar-refractivity contribution in [3.63, 3.8) is 0 Å². The monoisotopic (exact) mass is 353 g/mol. The molecule has 6 heteroatoms. The number of halogens is 2. The van der Waals surface area contributed by atoms with E-state index >= 15 is 0 Å². The van der Waals surface area contributed by atoms with E-state index in [9.17, 15) is 0 Å². The molecule has 2 rings (SSSR count). The molecule has 0 aliphatic heterocycles. The number of alkyl halides is 1. The highest BCUT2D eigenvalue weighted by Crippen LogP contribution is 2.13. The van der Waals surface area contributed by atoms with Gasteiger partial charge in [-0.1, -0.05) is 0 Å². The van der Waals surface area contributed by atoms with Crippen LogP contribution in [0.5, 0.6) is 0 Å². The molecule has 0 aliphatic rings. The van der Waals surface area contributed by atoms with E-state index in [0.29, 0.717) is 5.88 Å². The van der Waals surface area contributed by atoms with Crippen LogP contribution in [-0.2, 0) is 18.8 Å². The van der Waals surface area contributed by atoms with E-state index in [0.717, 1.165) is 27.2 Å². The Morgan fingerprint density at radius 3 is 3.00 bits per heavy atom. The Hall–Kier alpha value is -0.140. The van der Waals surface area contributed by atoms with Crippen molar-refractivity contribution in [2.45, 2.75) is 18.8 Å². The summed E-state index contributed by atoms with van der Waals surface area (Å²) in [6.07, 6.45) is 4.79. The third-order valence-electron chi connectivity index (χ3n) is 1.89. The second-order valence-corrected chi connectivity index (χ2v) is 5.49. The lowest BCUT2D eigenvalue weighted by Gasteiger charge is -1.97. The Kier molecular flexibility index (Phi) is 3.99. The molecule has 0 N–H and O–H groups in total. The molecular formula is C9H9ClIN3S. The molecule has 80 valence electrons. The number of thiazole rings is 1. The maximum Gasteiger partial charge on any atom is 0.0947 e. The van der Waals surface area contributed by atoms with Crippen molar-refractivity contribution in [2.75, 3.05) is 0 Å². The fourth-order valence-electron chi connectivity index (χ4n) is 1.20.